The lowest BCUT2D eigenvalue weighted by Gasteiger charge is -2.09. The van der Waals surface area contributed by atoms with Crippen molar-refractivity contribution in [3.05, 3.63) is 52.9 Å². The van der Waals surface area contributed by atoms with Gasteiger partial charge in [0, 0.05) is 6.20 Å². The minimum absolute atomic E-state index is 0.0710. The van der Waals surface area contributed by atoms with E-state index >= 15 is 0 Å². The molecule has 0 aliphatic heterocycles. The number of halogens is 2. The first-order chi connectivity index (χ1) is 9.81. The first-order valence-corrected chi connectivity index (χ1v) is 7.33. The lowest BCUT2D eigenvalue weighted by Crippen LogP contribution is -2.15. The molecule has 1 heterocycles. The van der Waals surface area contributed by atoms with Crippen molar-refractivity contribution >= 4 is 33.4 Å². The van der Waals surface area contributed by atoms with E-state index in [0.29, 0.717) is 0 Å². The van der Waals surface area contributed by atoms with Gasteiger partial charge in [-0.3, -0.25) is 4.72 Å². The van der Waals surface area contributed by atoms with Crippen LogP contribution in [0.4, 0.5) is 10.2 Å². The number of carboxylic acid groups (broad SMARTS) is 1. The normalized spacial score (nSPS) is 11.1. The van der Waals surface area contributed by atoms with Crippen molar-refractivity contribution in [2.45, 2.75) is 4.90 Å². The Kier molecular flexibility index (Phi) is 4.10. The summed E-state index contributed by atoms with van der Waals surface area (Å²) in [5.41, 5.74) is -0.745. The Morgan fingerprint density at radius 1 is 1.33 bits per heavy atom. The number of rotatable bonds is 4. The summed E-state index contributed by atoms with van der Waals surface area (Å²) in [6.07, 6.45) is 1.33. The Hall–Kier alpha value is -2.19. The van der Waals surface area contributed by atoms with E-state index in [1.54, 1.807) is 0 Å². The summed E-state index contributed by atoms with van der Waals surface area (Å²) in [5, 5.41) is 8.87. The first kappa shape index (κ1) is 15.2. The molecule has 0 aliphatic carbocycles. The van der Waals surface area contributed by atoms with Crippen LogP contribution in [0, 0.1) is 5.82 Å². The molecule has 6 nitrogen and oxygen atoms in total. The van der Waals surface area contributed by atoms with Crippen LogP contribution < -0.4 is 4.72 Å². The summed E-state index contributed by atoms with van der Waals surface area (Å²) in [7, 11) is -4.14. The van der Waals surface area contributed by atoms with E-state index in [0.717, 1.165) is 18.2 Å². The van der Waals surface area contributed by atoms with Gasteiger partial charge >= 0.3 is 5.97 Å². The van der Waals surface area contributed by atoms with Gasteiger partial charge in [-0.1, -0.05) is 11.6 Å². The molecular formula is C12H8ClFN2O4S. The molecule has 2 N–H and O–H groups in total. The number of aromatic carboxylic acids is 1. The van der Waals surface area contributed by atoms with Crippen LogP contribution in [-0.2, 0) is 10.0 Å². The van der Waals surface area contributed by atoms with Crippen LogP contribution in [0.2, 0.25) is 5.02 Å². The van der Waals surface area contributed by atoms with Crippen LogP contribution in [0.1, 0.15) is 10.4 Å². The number of carbonyl (C=O) groups is 1. The molecule has 0 bridgehead atoms. The number of hydrogen-bond donors (Lipinski definition) is 2. The Morgan fingerprint density at radius 3 is 2.67 bits per heavy atom. The molecule has 21 heavy (non-hydrogen) atoms. The number of carboxylic acids is 1. The maximum Gasteiger partial charge on any atom is 0.338 e. The van der Waals surface area contributed by atoms with E-state index in [1.807, 2.05) is 0 Å². The van der Waals surface area contributed by atoms with Crippen LogP contribution >= 0.6 is 11.6 Å². The molecule has 0 radical (unpaired) electrons. The van der Waals surface area contributed by atoms with Gasteiger partial charge in [-0.15, -0.1) is 0 Å². The van der Waals surface area contributed by atoms with Crippen LogP contribution in [0.3, 0.4) is 0 Å². The molecule has 0 unspecified atom stereocenters. The molecule has 0 aliphatic rings. The van der Waals surface area contributed by atoms with Gasteiger partial charge in [-0.2, -0.15) is 0 Å². The number of sulfonamides is 1. The number of hydrogen-bond acceptors (Lipinski definition) is 4. The zero-order valence-corrected chi connectivity index (χ0v) is 11.8. The lowest BCUT2D eigenvalue weighted by molar-refractivity contribution is 0.0691. The molecule has 110 valence electrons. The van der Waals surface area contributed by atoms with Gasteiger partial charge in [0.1, 0.15) is 5.82 Å². The van der Waals surface area contributed by atoms with Gasteiger partial charge in [-0.25, -0.2) is 22.6 Å². The summed E-state index contributed by atoms with van der Waals surface area (Å²) in [6.45, 7) is 0. The zero-order valence-electron chi connectivity index (χ0n) is 10.2. The fourth-order valence-electron chi connectivity index (χ4n) is 1.48. The molecule has 0 amide bonds. The van der Waals surface area contributed by atoms with Crippen LogP contribution in [-0.4, -0.2) is 24.5 Å². The summed E-state index contributed by atoms with van der Waals surface area (Å²) < 4.78 is 39.6. The fourth-order valence-corrected chi connectivity index (χ4v) is 2.76. The topological polar surface area (TPSA) is 96.4 Å². The molecule has 9 heteroatoms. The largest absolute Gasteiger partial charge is 0.478 e. The van der Waals surface area contributed by atoms with Gasteiger partial charge in [0.05, 0.1) is 15.5 Å². The number of aromatic nitrogens is 1. The molecule has 2 aromatic rings. The first-order valence-electron chi connectivity index (χ1n) is 5.47. The molecule has 0 fully saturated rings. The van der Waals surface area contributed by atoms with E-state index in [9.17, 15) is 17.6 Å². The highest BCUT2D eigenvalue weighted by Crippen LogP contribution is 2.22. The van der Waals surface area contributed by atoms with Gasteiger partial charge in [0.2, 0.25) is 0 Å². The average Bonchev–Trinajstić information content (AvgIpc) is 2.41. The predicted octanol–water partition coefficient (Wildman–Crippen LogP) is 2.37. The van der Waals surface area contributed by atoms with Crippen molar-refractivity contribution in [2.75, 3.05) is 4.72 Å². The molecule has 0 saturated carbocycles. The van der Waals surface area contributed by atoms with Crippen molar-refractivity contribution in [3.63, 3.8) is 0 Å². The molecule has 1 aromatic carbocycles. The monoisotopic (exact) mass is 330 g/mol. The van der Waals surface area contributed by atoms with Crippen molar-refractivity contribution in [2.24, 2.45) is 0 Å². The second-order valence-electron chi connectivity index (χ2n) is 3.89. The summed E-state index contributed by atoms with van der Waals surface area (Å²) >= 11 is 5.78. The molecular weight excluding hydrogens is 323 g/mol. The van der Waals surface area contributed by atoms with E-state index in [-0.39, 0.29) is 10.8 Å². The van der Waals surface area contributed by atoms with Crippen LogP contribution in [0.5, 0.6) is 0 Å². The highest BCUT2D eigenvalue weighted by molar-refractivity contribution is 7.92. The van der Waals surface area contributed by atoms with Crippen LogP contribution in [0.25, 0.3) is 0 Å². The highest BCUT2D eigenvalue weighted by atomic mass is 35.5. The molecule has 0 atom stereocenters. The smallest absolute Gasteiger partial charge is 0.338 e. The van der Waals surface area contributed by atoms with Crippen molar-refractivity contribution < 1.29 is 22.7 Å². The number of anilines is 1. The third kappa shape index (κ3) is 3.29. The molecule has 0 saturated heterocycles. The summed E-state index contributed by atoms with van der Waals surface area (Å²) in [4.78, 5) is 14.2. The Labute approximate surface area is 124 Å². The zero-order chi connectivity index (χ0) is 15.6. The van der Waals surface area contributed by atoms with E-state index in [4.69, 9.17) is 16.7 Å². The van der Waals surface area contributed by atoms with Gasteiger partial charge in [0.25, 0.3) is 10.0 Å². The molecule has 1 aromatic heterocycles. The van der Waals surface area contributed by atoms with Gasteiger partial charge in [0.15, 0.2) is 5.82 Å². The fraction of sp³-hybridized carbons (Fsp3) is 0. The van der Waals surface area contributed by atoms with Gasteiger partial charge in [-0.05, 0) is 30.3 Å². The average molecular weight is 331 g/mol. The molecule has 0 spiro atoms. The second-order valence-corrected chi connectivity index (χ2v) is 5.98. The number of nitrogens with one attached hydrogen (secondary N) is 1. The van der Waals surface area contributed by atoms with Crippen LogP contribution in [0.15, 0.2) is 41.4 Å². The van der Waals surface area contributed by atoms with E-state index in [2.05, 4.69) is 9.71 Å². The Morgan fingerprint density at radius 2 is 2.05 bits per heavy atom. The maximum absolute atomic E-state index is 13.3. The number of nitrogens with zero attached hydrogens (tertiary/aromatic N) is 1. The predicted molar refractivity (Wildman–Crippen MR) is 73.4 cm³/mol. The molecule has 2 rings (SSSR count). The third-order valence-electron chi connectivity index (χ3n) is 2.47. The third-order valence-corrected chi connectivity index (χ3v) is 4.11. The maximum atomic E-state index is 13.3. The summed E-state index contributed by atoms with van der Waals surface area (Å²) in [5.74, 6) is -2.71. The second kappa shape index (κ2) is 5.66. The minimum atomic E-state index is -4.14. The van der Waals surface area contributed by atoms with Crippen molar-refractivity contribution in [1.82, 2.24) is 4.98 Å². The van der Waals surface area contributed by atoms with Gasteiger partial charge < -0.3 is 5.11 Å². The number of pyridine rings is 1. The standard InChI is InChI=1S/C12H8ClFN2O4S/c13-9-2-1-5-15-11(9)16-21(19,20)7-3-4-10(14)8(6-7)12(17)18/h1-6H,(H,15,16)(H,17,18). The quantitative estimate of drug-likeness (QED) is 0.897. The van der Waals surface area contributed by atoms with Crippen molar-refractivity contribution in [3.8, 4) is 0 Å². The minimum Gasteiger partial charge on any atom is -0.478 e. The van der Waals surface area contributed by atoms with E-state index in [1.165, 1.54) is 18.3 Å². The Balaban J connectivity index is 2.43. The summed E-state index contributed by atoms with van der Waals surface area (Å²) in [6, 6.07) is 5.37. The SMILES string of the molecule is O=C(O)c1cc(S(=O)(=O)Nc2ncccc2Cl)ccc1F. The Bertz CT molecular complexity index is 811. The number of benzene rings is 1. The van der Waals surface area contributed by atoms with Crippen molar-refractivity contribution in [1.29, 1.82) is 0 Å². The lowest BCUT2D eigenvalue weighted by atomic mass is 10.2. The van der Waals surface area contributed by atoms with E-state index < -0.39 is 32.3 Å². The highest BCUT2D eigenvalue weighted by Gasteiger charge is 2.20.